The van der Waals surface area contributed by atoms with Gasteiger partial charge in [-0.05, 0) is 25.5 Å². The van der Waals surface area contributed by atoms with Crippen molar-refractivity contribution in [2.45, 2.75) is 25.6 Å². The van der Waals surface area contributed by atoms with Crippen LogP contribution in [0.4, 0.5) is 0 Å². The molecule has 0 unspecified atom stereocenters. The Balaban J connectivity index is 1.44. The van der Waals surface area contributed by atoms with Crippen molar-refractivity contribution in [3.8, 4) is 5.88 Å². The third-order valence-corrected chi connectivity index (χ3v) is 4.54. The molecule has 2 aromatic rings. The van der Waals surface area contributed by atoms with Gasteiger partial charge in [0.25, 0.3) is 11.8 Å². The topological polar surface area (TPSA) is 90.6 Å². The molecule has 0 spiro atoms. The van der Waals surface area contributed by atoms with Gasteiger partial charge in [0.1, 0.15) is 11.7 Å². The number of carbonyl (C=O) groups excluding carboxylic acids is 1. The fourth-order valence-electron chi connectivity index (χ4n) is 3.42. The van der Waals surface area contributed by atoms with Crippen LogP contribution < -0.4 is 4.74 Å². The zero-order valence-electron chi connectivity index (χ0n) is 13.5. The molecule has 2 fully saturated rings. The van der Waals surface area contributed by atoms with E-state index in [1.807, 2.05) is 0 Å². The molecule has 4 rings (SSSR count). The lowest BCUT2D eigenvalue weighted by molar-refractivity contribution is 0.0199. The summed E-state index contributed by atoms with van der Waals surface area (Å²) in [5.74, 6) is 1.66. The van der Waals surface area contributed by atoms with Crippen molar-refractivity contribution in [3.05, 3.63) is 35.6 Å². The quantitative estimate of drug-likeness (QED) is 0.839. The van der Waals surface area contributed by atoms with Crippen LogP contribution in [0.2, 0.25) is 0 Å². The number of rotatable bonds is 3. The molecule has 2 aliphatic rings. The van der Waals surface area contributed by atoms with Crippen LogP contribution in [0, 0.1) is 12.8 Å². The molecule has 2 aromatic heterocycles. The number of likely N-dealkylation sites (tertiary alicyclic amines) is 1. The van der Waals surface area contributed by atoms with Gasteiger partial charge in [-0.1, -0.05) is 5.16 Å². The Morgan fingerprint density at radius 2 is 2.29 bits per heavy atom. The van der Waals surface area contributed by atoms with Crippen molar-refractivity contribution in [3.63, 3.8) is 0 Å². The number of hydrogen-bond acceptors (Lipinski definition) is 7. The van der Waals surface area contributed by atoms with Gasteiger partial charge in [0.2, 0.25) is 5.88 Å². The predicted octanol–water partition coefficient (Wildman–Crippen LogP) is 1.38. The highest BCUT2D eigenvalue weighted by Gasteiger charge is 2.45. The fraction of sp³-hybridized carbons (Fsp3) is 0.500. The summed E-state index contributed by atoms with van der Waals surface area (Å²) in [6.07, 6.45) is 2.20. The summed E-state index contributed by atoms with van der Waals surface area (Å²) >= 11 is 0. The van der Waals surface area contributed by atoms with Crippen LogP contribution in [0.5, 0.6) is 5.88 Å². The molecule has 2 saturated heterocycles. The summed E-state index contributed by atoms with van der Waals surface area (Å²) in [6.45, 7) is 2.97. The SMILES string of the molecule is COc1ncccc1C(=O)N1C[C@@H]2C[C@@H](c3nc(C)no3)O[C@@H]2C1. The molecule has 0 saturated carbocycles. The first kappa shape index (κ1) is 15.1. The first-order valence-corrected chi connectivity index (χ1v) is 7.89. The molecule has 3 atom stereocenters. The summed E-state index contributed by atoms with van der Waals surface area (Å²) in [4.78, 5) is 22.8. The van der Waals surface area contributed by atoms with Crippen molar-refractivity contribution >= 4 is 5.91 Å². The summed E-state index contributed by atoms with van der Waals surface area (Å²) in [7, 11) is 1.51. The van der Waals surface area contributed by atoms with E-state index in [0.717, 1.165) is 6.42 Å². The number of aromatic nitrogens is 3. The molecule has 1 amide bonds. The van der Waals surface area contributed by atoms with Crippen LogP contribution in [0.1, 0.15) is 34.6 Å². The van der Waals surface area contributed by atoms with Crippen LogP contribution in [0.3, 0.4) is 0 Å². The van der Waals surface area contributed by atoms with Crippen molar-refractivity contribution in [2.24, 2.45) is 5.92 Å². The van der Waals surface area contributed by atoms with E-state index in [9.17, 15) is 4.79 Å². The molecule has 24 heavy (non-hydrogen) atoms. The molecule has 0 bridgehead atoms. The van der Waals surface area contributed by atoms with Crippen LogP contribution in [0.15, 0.2) is 22.9 Å². The van der Waals surface area contributed by atoms with Gasteiger partial charge < -0.3 is 18.9 Å². The van der Waals surface area contributed by atoms with E-state index in [2.05, 4.69) is 15.1 Å². The molecule has 8 heteroatoms. The van der Waals surface area contributed by atoms with Gasteiger partial charge in [0.05, 0.1) is 13.2 Å². The van der Waals surface area contributed by atoms with Gasteiger partial charge >= 0.3 is 0 Å². The Labute approximate surface area is 138 Å². The molecule has 4 heterocycles. The number of fused-ring (bicyclic) bond motifs is 1. The van der Waals surface area contributed by atoms with Crippen molar-refractivity contribution in [1.82, 2.24) is 20.0 Å². The highest BCUT2D eigenvalue weighted by Crippen LogP contribution is 2.40. The Morgan fingerprint density at radius 1 is 1.42 bits per heavy atom. The van der Waals surface area contributed by atoms with E-state index in [0.29, 0.717) is 36.2 Å². The lowest BCUT2D eigenvalue weighted by Crippen LogP contribution is -2.31. The third kappa shape index (κ3) is 2.52. The van der Waals surface area contributed by atoms with Gasteiger partial charge in [0.15, 0.2) is 5.82 Å². The van der Waals surface area contributed by atoms with E-state index < -0.39 is 0 Å². The molecule has 2 aliphatic heterocycles. The van der Waals surface area contributed by atoms with E-state index in [4.69, 9.17) is 14.0 Å². The van der Waals surface area contributed by atoms with Crippen LogP contribution in [0.25, 0.3) is 0 Å². The Bertz CT molecular complexity index is 748. The average molecular weight is 330 g/mol. The number of amides is 1. The smallest absolute Gasteiger partial charge is 0.259 e. The largest absolute Gasteiger partial charge is 0.480 e. The van der Waals surface area contributed by atoms with Gasteiger partial charge in [-0.2, -0.15) is 4.98 Å². The maximum absolute atomic E-state index is 12.7. The van der Waals surface area contributed by atoms with Crippen molar-refractivity contribution in [2.75, 3.05) is 20.2 Å². The summed E-state index contributed by atoms with van der Waals surface area (Å²) in [5.41, 5.74) is 0.476. The highest BCUT2D eigenvalue weighted by atomic mass is 16.5. The second-order valence-corrected chi connectivity index (χ2v) is 6.11. The lowest BCUT2D eigenvalue weighted by atomic mass is 10.0. The molecule has 126 valence electrons. The minimum Gasteiger partial charge on any atom is -0.480 e. The minimum atomic E-state index is -0.175. The van der Waals surface area contributed by atoms with Crippen LogP contribution >= 0.6 is 0 Å². The van der Waals surface area contributed by atoms with Crippen molar-refractivity contribution in [1.29, 1.82) is 0 Å². The normalized spacial score (nSPS) is 25.8. The first-order chi connectivity index (χ1) is 11.7. The van der Waals surface area contributed by atoms with Crippen molar-refractivity contribution < 1.29 is 18.8 Å². The average Bonchev–Trinajstić information content (AvgIpc) is 3.28. The second-order valence-electron chi connectivity index (χ2n) is 6.11. The molecular weight excluding hydrogens is 312 g/mol. The number of nitrogens with zero attached hydrogens (tertiary/aromatic N) is 4. The van der Waals surface area contributed by atoms with Crippen LogP contribution in [-0.2, 0) is 4.74 Å². The lowest BCUT2D eigenvalue weighted by Gasteiger charge is -2.19. The van der Waals surface area contributed by atoms with Gasteiger partial charge in [0, 0.05) is 25.2 Å². The van der Waals surface area contributed by atoms with Crippen LogP contribution in [-0.4, -0.2) is 52.2 Å². The van der Waals surface area contributed by atoms with Gasteiger partial charge in [-0.15, -0.1) is 0 Å². The second kappa shape index (κ2) is 5.86. The Hall–Kier alpha value is -2.48. The fourth-order valence-corrected chi connectivity index (χ4v) is 3.42. The van der Waals surface area contributed by atoms with Gasteiger partial charge in [-0.3, -0.25) is 4.79 Å². The standard InChI is InChI=1S/C16H18N4O4/c1-9-18-15(24-19-9)12-6-10-7-20(8-13(10)23-12)16(21)11-4-3-5-17-14(11)22-2/h3-5,10,12-13H,6-8H2,1-2H3/t10-,12-,13+/m0/s1. The Morgan fingerprint density at radius 3 is 3.00 bits per heavy atom. The summed E-state index contributed by atoms with van der Waals surface area (Å²) in [6, 6.07) is 3.46. The number of aryl methyl sites for hydroxylation is 1. The van der Waals surface area contributed by atoms with E-state index in [1.54, 1.807) is 30.2 Å². The summed E-state index contributed by atoms with van der Waals surface area (Å²) in [5, 5.41) is 3.81. The number of methoxy groups -OCH3 is 1. The maximum Gasteiger partial charge on any atom is 0.259 e. The predicted molar refractivity (Wildman–Crippen MR) is 81.4 cm³/mol. The number of ether oxygens (including phenoxy) is 2. The zero-order valence-corrected chi connectivity index (χ0v) is 13.5. The zero-order chi connectivity index (χ0) is 16.7. The molecule has 0 aliphatic carbocycles. The molecule has 0 aromatic carbocycles. The third-order valence-electron chi connectivity index (χ3n) is 4.54. The van der Waals surface area contributed by atoms with E-state index >= 15 is 0 Å². The number of hydrogen-bond donors (Lipinski definition) is 0. The first-order valence-electron chi connectivity index (χ1n) is 7.89. The highest BCUT2D eigenvalue weighted by molar-refractivity contribution is 5.96. The molecule has 8 nitrogen and oxygen atoms in total. The number of carbonyl (C=O) groups is 1. The van der Waals surface area contributed by atoms with E-state index in [1.165, 1.54) is 7.11 Å². The minimum absolute atomic E-state index is 0.00572. The maximum atomic E-state index is 12.7. The monoisotopic (exact) mass is 330 g/mol. The van der Waals surface area contributed by atoms with Gasteiger partial charge in [-0.25, -0.2) is 4.98 Å². The Kier molecular flexibility index (Phi) is 3.68. The van der Waals surface area contributed by atoms with E-state index in [-0.39, 0.29) is 24.0 Å². The molecular formula is C16H18N4O4. The molecule has 0 N–H and O–H groups in total. The summed E-state index contributed by atoms with van der Waals surface area (Å²) < 4.78 is 16.4. The molecule has 0 radical (unpaired) electrons. The number of pyridine rings is 1.